The molecule has 6 heteroatoms. The van der Waals surface area contributed by atoms with Gasteiger partial charge in [0.2, 0.25) is 5.91 Å². The quantitative estimate of drug-likeness (QED) is 0.778. The van der Waals surface area contributed by atoms with Crippen LogP contribution in [0.4, 0.5) is 0 Å². The fourth-order valence-electron chi connectivity index (χ4n) is 3.02. The van der Waals surface area contributed by atoms with E-state index in [-0.39, 0.29) is 11.2 Å². The van der Waals surface area contributed by atoms with Gasteiger partial charge in [-0.15, -0.1) is 11.3 Å². The van der Waals surface area contributed by atoms with E-state index in [1.165, 1.54) is 11.8 Å². The van der Waals surface area contributed by atoms with Gasteiger partial charge in [0.05, 0.1) is 17.0 Å². The van der Waals surface area contributed by atoms with Gasteiger partial charge in [0, 0.05) is 10.9 Å². The van der Waals surface area contributed by atoms with Crippen molar-refractivity contribution < 1.29 is 4.79 Å². The second-order valence-electron chi connectivity index (χ2n) is 6.37. The third-order valence-corrected chi connectivity index (χ3v) is 6.56. The van der Waals surface area contributed by atoms with Crippen molar-refractivity contribution in [2.75, 3.05) is 0 Å². The van der Waals surface area contributed by atoms with Crippen molar-refractivity contribution in [3.8, 4) is 17.3 Å². The molecule has 1 heterocycles. The van der Waals surface area contributed by atoms with Gasteiger partial charge in [0.15, 0.2) is 4.34 Å². The number of hydrogen-bond donors (Lipinski definition) is 1. The molecule has 1 aromatic heterocycles. The van der Waals surface area contributed by atoms with Crippen LogP contribution in [0.15, 0.2) is 40.1 Å². The fraction of sp³-hybridized carbons (Fsp3) is 0.421. The summed E-state index contributed by atoms with van der Waals surface area (Å²) >= 11 is 3.00. The van der Waals surface area contributed by atoms with Crippen LogP contribution in [-0.2, 0) is 4.79 Å². The average Bonchev–Trinajstić information content (AvgIpc) is 3.11. The average molecular weight is 372 g/mol. The monoisotopic (exact) mass is 371 g/mol. The lowest BCUT2D eigenvalue weighted by Crippen LogP contribution is -2.50. The first-order valence-electron chi connectivity index (χ1n) is 8.53. The summed E-state index contributed by atoms with van der Waals surface area (Å²) in [6.45, 7) is 1.87. The molecule has 1 atom stereocenters. The molecule has 3 rings (SSSR count). The summed E-state index contributed by atoms with van der Waals surface area (Å²) in [5, 5.41) is 14.2. The first-order valence-corrected chi connectivity index (χ1v) is 10.3. The van der Waals surface area contributed by atoms with Gasteiger partial charge in [0.25, 0.3) is 0 Å². The molecule has 0 unspecified atom stereocenters. The zero-order chi connectivity index (χ0) is 17.7. The number of nitrogens with one attached hydrogen (secondary N) is 1. The van der Waals surface area contributed by atoms with Crippen LogP contribution in [0.25, 0.3) is 11.3 Å². The van der Waals surface area contributed by atoms with Gasteiger partial charge in [-0.2, -0.15) is 5.26 Å². The molecule has 0 aliphatic heterocycles. The van der Waals surface area contributed by atoms with E-state index in [2.05, 4.69) is 16.4 Å². The number of thiazole rings is 1. The molecule has 1 aliphatic rings. The number of carbonyl (C=O) groups excluding carboxylic acids is 1. The van der Waals surface area contributed by atoms with E-state index in [9.17, 15) is 10.1 Å². The highest BCUT2D eigenvalue weighted by atomic mass is 32.2. The second kappa shape index (κ2) is 8.03. The molecule has 1 fully saturated rings. The Morgan fingerprint density at radius 1 is 1.32 bits per heavy atom. The molecule has 25 heavy (non-hydrogen) atoms. The first kappa shape index (κ1) is 18.0. The number of nitrogens with zero attached hydrogens (tertiary/aromatic N) is 2. The third kappa shape index (κ3) is 4.42. The molecule has 0 radical (unpaired) electrons. The highest BCUT2D eigenvalue weighted by Crippen LogP contribution is 2.32. The van der Waals surface area contributed by atoms with Crippen LogP contribution in [0.1, 0.15) is 39.0 Å². The Balaban J connectivity index is 1.62. The van der Waals surface area contributed by atoms with E-state index in [1.807, 2.05) is 42.6 Å². The number of hydrogen-bond acceptors (Lipinski definition) is 5. The number of carbonyl (C=O) groups is 1. The van der Waals surface area contributed by atoms with Gasteiger partial charge in [-0.05, 0) is 19.8 Å². The minimum atomic E-state index is -0.678. The van der Waals surface area contributed by atoms with E-state index in [4.69, 9.17) is 0 Å². The highest BCUT2D eigenvalue weighted by molar-refractivity contribution is 8.02. The number of rotatable bonds is 5. The number of nitriles is 1. The molecule has 1 amide bonds. The minimum Gasteiger partial charge on any atom is -0.337 e. The van der Waals surface area contributed by atoms with Gasteiger partial charge in [-0.1, -0.05) is 61.4 Å². The molecule has 2 aromatic rings. The summed E-state index contributed by atoms with van der Waals surface area (Å²) < 4.78 is 0.871. The Labute approximate surface area is 156 Å². The lowest BCUT2D eigenvalue weighted by molar-refractivity contribution is -0.121. The molecule has 1 N–H and O–H groups in total. The molecule has 1 aromatic carbocycles. The lowest BCUT2D eigenvalue weighted by atomic mass is 9.83. The largest absolute Gasteiger partial charge is 0.337 e. The Bertz CT molecular complexity index is 760. The van der Waals surface area contributed by atoms with Crippen molar-refractivity contribution in [2.24, 2.45) is 0 Å². The third-order valence-electron chi connectivity index (χ3n) is 4.48. The normalized spacial score (nSPS) is 17.4. The molecule has 130 valence electrons. The summed E-state index contributed by atoms with van der Waals surface area (Å²) in [5.41, 5.74) is 1.33. The molecular weight excluding hydrogens is 350 g/mol. The number of benzene rings is 1. The molecule has 0 saturated heterocycles. The Morgan fingerprint density at radius 3 is 2.72 bits per heavy atom. The topological polar surface area (TPSA) is 65.8 Å². The summed E-state index contributed by atoms with van der Waals surface area (Å²) in [7, 11) is 0. The van der Waals surface area contributed by atoms with Crippen molar-refractivity contribution in [1.29, 1.82) is 5.26 Å². The maximum atomic E-state index is 12.6. The van der Waals surface area contributed by atoms with E-state index >= 15 is 0 Å². The first-order chi connectivity index (χ1) is 12.1. The molecular formula is C19H21N3OS2. The van der Waals surface area contributed by atoms with Crippen molar-refractivity contribution >= 4 is 29.0 Å². The summed E-state index contributed by atoms with van der Waals surface area (Å²) in [6, 6.07) is 12.4. The van der Waals surface area contributed by atoms with Crippen molar-refractivity contribution in [1.82, 2.24) is 10.3 Å². The second-order valence-corrected chi connectivity index (χ2v) is 8.81. The summed E-state index contributed by atoms with van der Waals surface area (Å²) in [5.74, 6) is -0.0788. The van der Waals surface area contributed by atoms with Crippen molar-refractivity contribution in [3.05, 3.63) is 35.7 Å². The Morgan fingerprint density at radius 2 is 2.04 bits per heavy atom. The van der Waals surface area contributed by atoms with E-state index in [0.29, 0.717) is 0 Å². The zero-order valence-electron chi connectivity index (χ0n) is 14.2. The van der Waals surface area contributed by atoms with Gasteiger partial charge in [-0.25, -0.2) is 4.98 Å². The van der Waals surface area contributed by atoms with Crippen molar-refractivity contribution in [2.45, 2.75) is 54.2 Å². The van der Waals surface area contributed by atoms with E-state index in [0.717, 1.165) is 47.7 Å². The molecule has 0 spiro atoms. The van der Waals surface area contributed by atoms with Crippen LogP contribution in [-0.4, -0.2) is 21.7 Å². The van der Waals surface area contributed by atoms with Crippen LogP contribution in [0.2, 0.25) is 0 Å². The van der Waals surface area contributed by atoms with E-state index < -0.39 is 5.54 Å². The molecule has 1 saturated carbocycles. The van der Waals surface area contributed by atoms with Gasteiger partial charge < -0.3 is 5.32 Å². The Hall–Kier alpha value is -1.84. The van der Waals surface area contributed by atoms with Gasteiger partial charge >= 0.3 is 0 Å². The zero-order valence-corrected chi connectivity index (χ0v) is 15.8. The van der Waals surface area contributed by atoms with Gasteiger partial charge in [-0.3, -0.25) is 4.79 Å². The number of aromatic nitrogens is 1. The maximum Gasteiger partial charge on any atom is 0.234 e. The number of amides is 1. The highest BCUT2D eigenvalue weighted by Gasteiger charge is 2.35. The molecule has 4 nitrogen and oxygen atoms in total. The van der Waals surface area contributed by atoms with Crippen LogP contribution in [0, 0.1) is 11.3 Å². The standard InChI is InChI=1S/C19H21N3OS2/c1-14(17(23)22-19(13-20)10-6-3-7-11-19)25-18-21-16(12-24-18)15-8-4-2-5-9-15/h2,4-5,8-9,12,14H,3,6-7,10-11H2,1H3,(H,22,23)/t14-/m0/s1. The predicted octanol–water partition coefficient (Wildman–Crippen LogP) is 4.63. The summed E-state index contributed by atoms with van der Waals surface area (Å²) in [6.07, 6.45) is 4.65. The van der Waals surface area contributed by atoms with Crippen molar-refractivity contribution in [3.63, 3.8) is 0 Å². The van der Waals surface area contributed by atoms with E-state index in [1.54, 1.807) is 11.3 Å². The lowest BCUT2D eigenvalue weighted by Gasteiger charge is -2.32. The summed E-state index contributed by atoms with van der Waals surface area (Å²) in [4.78, 5) is 17.2. The van der Waals surface area contributed by atoms with Crippen LogP contribution in [0.3, 0.4) is 0 Å². The predicted molar refractivity (Wildman–Crippen MR) is 102 cm³/mol. The minimum absolute atomic E-state index is 0.0788. The fourth-order valence-corrected chi connectivity index (χ4v) is 4.99. The molecule has 0 bridgehead atoms. The maximum absolute atomic E-state index is 12.6. The van der Waals surface area contributed by atoms with Crippen LogP contribution >= 0.6 is 23.1 Å². The van der Waals surface area contributed by atoms with Gasteiger partial charge in [0.1, 0.15) is 5.54 Å². The smallest absolute Gasteiger partial charge is 0.234 e. The van der Waals surface area contributed by atoms with Crippen LogP contribution < -0.4 is 5.32 Å². The molecule has 1 aliphatic carbocycles. The Kier molecular flexibility index (Phi) is 5.77. The van der Waals surface area contributed by atoms with Crippen LogP contribution in [0.5, 0.6) is 0 Å². The SMILES string of the molecule is C[C@H](Sc1nc(-c2ccccc2)cs1)C(=O)NC1(C#N)CCCCC1. The number of thioether (sulfide) groups is 1.